The molecule has 0 bridgehead atoms. The van der Waals surface area contributed by atoms with Crippen molar-refractivity contribution < 1.29 is 9.53 Å². The van der Waals surface area contributed by atoms with Crippen LogP contribution in [0.4, 0.5) is 0 Å². The number of thioether (sulfide) groups is 1. The fourth-order valence-corrected chi connectivity index (χ4v) is 4.14. The van der Waals surface area contributed by atoms with Crippen molar-refractivity contribution in [2.45, 2.75) is 57.2 Å². The molecule has 1 spiro atoms. The lowest BCUT2D eigenvalue weighted by molar-refractivity contribution is -0.122. The van der Waals surface area contributed by atoms with Crippen molar-refractivity contribution in [2.24, 2.45) is 0 Å². The Hall–Kier alpha value is -0.260. The Morgan fingerprint density at radius 1 is 1.47 bits per heavy atom. The maximum atomic E-state index is 11.8. The van der Waals surface area contributed by atoms with Crippen LogP contribution in [0.15, 0.2) is 0 Å². The van der Waals surface area contributed by atoms with Gasteiger partial charge in [-0.2, -0.15) is 11.8 Å². The van der Waals surface area contributed by atoms with E-state index in [1.165, 1.54) is 5.75 Å². The number of carbonyl (C=O) groups excluding carboxylic acids is 1. The highest BCUT2D eigenvalue weighted by Crippen LogP contribution is 2.38. The van der Waals surface area contributed by atoms with E-state index in [0.717, 1.165) is 31.6 Å². The Labute approximate surface area is 120 Å². The van der Waals surface area contributed by atoms with Gasteiger partial charge in [-0.1, -0.05) is 0 Å². The highest BCUT2D eigenvalue weighted by Gasteiger charge is 2.40. The van der Waals surface area contributed by atoms with Crippen LogP contribution in [-0.4, -0.2) is 47.7 Å². The van der Waals surface area contributed by atoms with E-state index in [9.17, 15) is 4.79 Å². The lowest BCUT2D eigenvalue weighted by Gasteiger charge is -2.38. The lowest BCUT2D eigenvalue weighted by Crippen LogP contribution is -2.51. The zero-order chi connectivity index (χ0) is 13.9. The van der Waals surface area contributed by atoms with Gasteiger partial charge in [-0.05, 0) is 45.8 Å². The van der Waals surface area contributed by atoms with Crippen LogP contribution in [0.2, 0.25) is 0 Å². The van der Waals surface area contributed by atoms with Crippen LogP contribution in [-0.2, 0) is 9.53 Å². The summed E-state index contributed by atoms with van der Waals surface area (Å²) in [5.74, 6) is 2.39. The van der Waals surface area contributed by atoms with E-state index in [1.807, 2.05) is 32.5 Å². The zero-order valence-corrected chi connectivity index (χ0v) is 13.1. The smallest absolute Gasteiger partial charge is 0.234 e. The Bertz CT molecular complexity index is 322. The standard InChI is InChI=1S/C14H26N2O2S/c1-13(2,3)16-12(17)9-15-11-4-6-18-14(8-11)5-7-19-10-14/h11,15H,4-10H2,1-3H3,(H,16,17). The normalized spacial score (nSPS) is 31.6. The van der Waals surface area contributed by atoms with Crippen LogP contribution < -0.4 is 10.6 Å². The molecular formula is C14H26N2O2S. The average molecular weight is 286 g/mol. The van der Waals surface area contributed by atoms with E-state index in [4.69, 9.17) is 4.74 Å². The van der Waals surface area contributed by atoms with E-state index < -0.39 is 0 Å². The molecule has 0 radical (unpaired) electrons. The van der Waals surface area contributed by atoms with Gasteiger partial charge in [-0.25, -0.2) is 0 Å². The first-order valence-electron chi connectivity index (χ1n) is 7.15. The molecule has 2 saturated heterocycles. The summed E-state index contributed by atoms with van der Waals surface area (Å²) in [6, 6.07) is 0.415. The summed E-state index contributed by atoms with van der Waals surface area (Å²) in [7, 11) is 0. The van der Waals surface area contributed by atoms with Crippen molar-refractivity contribution >= 4 is 17.7 Å². The number of amides is 1. The highest BCUT2D eigenvalue weighted by molar-refractivity contribution is 7.99. The molecule has 2 fully saturated rings. The second-order valence-electron chi connectivity index (χ2n) is 6.70. The predicted molar refractivity (Wildman–Crippen MR) is 79.5 cm³/mol. The lowest BCUT2D eigenvalue weighted by atomic mass is 9.90. The number of hydrogen-bond acceptors (Lipinski definition) is 4. The molecule has 4 nitrogen and oxygen atoms in total. The summed E-state index contributed by atoms with van der Waals surface area (Å²) in [6.45, 7) is 7.24. The second-order valence-corrected chi connectivity index (χ2v) is 7.81. The molecule has 19 heavy (non-hydrogen) atoms. The van der Waals surface area contributed by atoms with Gasteiger partial charge in [0.2, 0.25) is 5.91 Å². The molecule has 2 atom stereocenters. The summed E-state index contributed by atoms with van der Waals surface area (Å²) in [6.07, 6.45) is 3.21. The molecule has 0 aromatic carbocycles. The molecule has 0 aromatic rings. The summed E-state index contributed by atoms with van der Waals surface area (Å²) in [4.78, 5) is 11.8. The van der Waals surface area contributed by atoms with Gasteiger partial charge in [-0.15, -0.1) is 0 Å². The maximum Gasteiger partial charge on any atom is 0.234 e. The fraction of sp³-hybridized carbons (Fsp3) is 0.929. The molecular weight excluding hydrogens is 260 g/mol. The monoisotopic (exact) mass is 286 g/mol. The molecule has 0 saturated carbocycles. The molecule has 110 valence electrons. The van der Waals surface area contributed by atoms with Gasteiger partial charge in [0.1, 0.15) is 0 Å². The van der Waals surface area contributed by atoms with Crippen LogP contribution in [0.3, 0.4) is 0 Å². The fourth-order valence-electron chi connectivity index (χ4n) is 2.76. The van der Waals surface area contributed by atoms with Crippen LogP contribution in [0.1, 0.15) is 40.0 Å². The van der Waals surface area contributed by atoms with Gasteiger partial charge < -0.3 is 15.4 Å². The average Bonchev–Trinajstić information content (AvgIpc) is 2.73. The first-order valence-corrected chi connectivity index (χ1v) is 8.30. The minimum absolute atomic E-state index is 0.0776. The number of nitrogens with one attached hydrogen (secondary N) is 2. The SMILES string of the molecule is CC(C)(C)NC(=O)CNC1CCOC2(CCSC2)C1. The Kier molecular flexibility index (Phi) is 4.79. The Morgan fingerprint density at radius 2 is 2.26 bits per heavy atom. The topological polar surface area (TPSA) is 50.4 Å². The highest BCUT2D eigenvalue weighted by atomic mass is 32.2. The van der Waals surface area contributed by atoms with Gasteiger partial charge in [0.15, 0.2) is 0 Å². The molecule has 0 aliphatic carbocycles. The van der Waals surface area contributed by atoms with Crippen molar-refractivity contribution in [3.05, 3.63) is 0 Å². The van der Waals surface area contributed by atoms with Crippen molar-refractivity contribution in [1.82, 2.24) is 10.6 Å². The quantitative estimate of drug-likeness (QED) is 0.826. The Balaban J connectivity index is 1.75. The van der Waals surface area contributed by atoms with Gasteiger partial charge in [0.05, 0.1) is 12.1 Å². The van der Waals surface area contributed by atoms with E-state index in [2.05, 4.69) is 10.6 Å². The van der Waals surface area contributed by atoms with Crippen LogP contribution in [0, 0.1) is 0 Å². The van der Waals surface area contributed by atoms with Crippen LogP contribution >= 0.6 is 11.8 Å². The van der Waals surface area contributed by atoms with Gasteiger partial charge in [0.25, 0.3) is 0 Å². The second kappa shape index (κ2) is 6.02. The predicted octanol–water partition coefficient (Wildman–Crippen LogP) is 1.55. The zero-order valence-electron chi connectivity index (χ0n) is 12.3. The molecule has 2 aliphatic rings. The van der Waals surface area contributed by atoms with E-state index in [1.54, 1.807) is 0 Å². The molecule has 2 N–H and O–H groups in total. The third-order valence-corrected chi connectivity index (χ3v) is 4.85. The van der Waals surface area contributed by atoms with Crippen molar-refractivity contribution in [1.29, 1.82) is 0 Å². The number of ether oxygens (including phenoxy) is 1. The minimum atomic E-state index is -0.155. The molecule has 2 heterocycles. The minimum Gasteiger partial charge on any atom is -0.374 e. The largest absolute Gasteiger partial charge is 0.374 e. The van der Waals surface area contributed by atoms with Crippen LogP contribution in [0.5, 0.6) is 0 Å². The first kappa shape index (κ1) is 15.1. The summed E-state index contributed by atoms with van der Waals surface area (Å²) < 4.78 is 5.98. The Morgan fingerprint density at radius 3 is 2.89 bits per heavy atom. The first-order chi connectivity index (χ1) is 8.89. The molecule has 0 aromatic heterocycles. The van der Waals surface area contributed by atoms with E-state index in [-0.39, 0.29) is 17.0 Å². The van der Waals surface area contributed by atoms with Crippen LogP contribution in [0.25, 0.3) is 0 Å². The molecule has 2 rings (SSSR count). The maximum absolute atomic E-state index is 11.8. The van der Waals surface area contributed by atoms with Crippen molar-refractivity contribution in [2.75, 3.05) is 24.7 Å². The van der Waals surface area contributed by atoms with Crippen molar-refractivity contribution in [3.8, 4) is 0 Å². The third kappa shape index (κ3) is 4.65. The molecule has 1 amide bonds. The van der Waals surface area contributed by atoms with E-state index in [0.29, 0.717) is 12.6 Å². The summed E-state index contributed by atoms with van der Waals surface area (Å²) in [5, 5.41) is 6.38. The summed E-state index contributed by atoms with van der Waals surface area (Å²) in [5.41, 5.74) is -0.0706. The summed E-state index contributed by atoms with van der Waals surface area (Å²) >= 11 is 1.98. The third-order valence-electron chi connectivity index (χ3n) is 3.63. The van der Waals surface area contributed by atoms with Crippen molar-refractivity contribution in [3.63, 3.8) is 0 Å². The number of carbonyl (C=O) groups is 1. The van der Waals surface area contributed by atoms with E-state index >= 15 is 0 Å². The number of hydrogen-bond donors (Lipinski definition) is 2. The molecule has 2 aliphatic heterocycles. The molecule has 5 heteroatoms. The van der Waals surface area contributed by atoms with Gasteiger partial charge in [-0.3, -0.25) is 4.79 Å². The van der Waals surface area contributed by atoms with Gasteiger partial charge in [0, 0.05) is 23.9 Å². The number of rotatable bonds is 3. The van der Waals surface area contributed by atoms with Gasteiger partial charge >= 0.3 is 0 Å². The molecule has 2 unspecified atom stereocenters.